The predicted octanol–water partition coefficient (Wildman–Crippen LogP) is 4.39. The second-order valence-corrected chi connectivity index (χ2v) is 8.61. The lowest BCUT2D eigenvalue weighted by Crippen LogP contribution is -2.36. The molecule has 1 saturated heterocycles. The Morgan fingerprint density at radius 3 is 2.45 bits per heavy atom. The SMILES string of the molecule is O=C(NC1CCCCC1)c1ccccc1NC(=O)[C@H]1CC(=O)N(c2ccccc2Cl)C1. The highest BCUT2D eigenvalue weighted by Gasteiger charge is 2.36. The minimum absolute atomic E-state index is 0.105. The van der Waals surface area contributed by atoms with Crippen LogP contribution in [-0.4, -0.2) is 30.3 Å². The van der Waals surface area contributed by atoms with Gasteiger partial charge in [0.2, 0.25) is 11.8 Å². The number of nitrogens with zero attached hydrogens (tertiary/aromatic N) is 1. The molecule has 3 amide bonds. The summed E-state index contributed by atoms with van der Waals surface area (Å²) in [6.45, 7) is 0.255. The summed E-state index contributed by atoms with van der Waals surface area (Å²) in [7, 11) is 0. The normalized spacial score (nSPS) is 19.3. The molecule has 4 rings (SSSR count). The van der Waals surface area contributed by atoms with Gasteiger partial charge in [-0.1, -0.05) is 55.1 Å². The quantitative estimate of drug-likeness (QED) is 0.725. The lowest BCUT2D eigenvalue weighted by Gasteiger charge is -2.23. The number of amides is 3. The van der Waals surface area contributed by atoms with Crippen molar-refractivity contribution in [3.8, 4) is 0 Å². The second kappa shape index (κ2) is 9.52. The maximum atomic E-state index is 12.9. The Balaban J connectivity index is 1.44. The third-order valence-corrected chi connectivity index (χ3v) is 6.33. The van der Waals surface area contributed by atoms with Gasteiger partial charge >= 0.3 is 0 Å². The van der Waals surface area contributed by atoms with Crippen molar-refractivity contribution in [1.29, 1.82) is 0 Å². The number of anilines is 2. The van der Waals surface area contributed by atoms with Crippen molar-refractivity contribution >= 4 is 40.7 Å². The Morgan fingerprint density at radius 2 is 1.68 bits per heavy atom. The molecule has 0 unspecified atom stereocenters. The van der Waals surface area contributed by atoms with Crippen LogP contribution in [0.2, 0.25) is 5.02 Å². The van der Waals surface area contributed by atoms with Gasteiger partial charge in [-0.05, 0) is 37.1 Å². The van der Waals surface area contributed by atoms with E-state index in [0.29, 0.717) is 22.0 Å². The molecule has 31 heavy (non-hydrogen) atoms. The van der Waals surface area contributed by atoms with Crippen molar-refractivity contribution in [2.45, 2.75) is 44.6 Å². The molecule has 2 fully saturated rings. The Kier molecular flexibility index (Phi) is 6.56. The van der Waals surface area contributed by atoms with Crippen LogP contribution in [0.15, 0.2) is 48.5 Å². The van der Waals surface area contributed by atoms with E-state index in [2.05, 4.69) is 10.6 Å². The molecule has 0 bridgehead atoms. The molecule has 1 aliphatic carbocycles. The lowest BCUT2D eigenvalue weighted by molar-refractivity contribution is -0.122. The van der Waals surface area contributed by atoms with Crippen LogP contribution in [0.25, 0.3) is 0 Å². The number of hydrogen-bond donors (Lipinski definition) is 2. The molecule has 6 nitrogen and oxygen atoms in total. The first-order valence-corrected chi connectivity index (χ1v) is 11.2. The maximum Gasteiger partial charge on any atom is 0.253 e. The highest BCUT2D eigenvalue weighted by atomic mass is 35.5. The van der Waals surface area contributed by atoms with E-state index in [9.17, 15) is 14.4 Å². The fourth-order valence-electron chi connectivity index (χ4n) is 4.32. The number of halogens is 1. The number of benzene rings is 2. The average Bonchev–Trinajstić information content (AvgIpc) is 3.16. The molecule has 1 heterocycles. The van der Waals surface area contributed by atoms with E-state index in [4.69, 9.17) is 11.6 Å². The predicted molar refractivity (Wildman–Crippen MR) is 121 cm³/mol. The van der Waals surface area contributed by atoms with E-state index in [-0.39, 0.29) is 36.7 Å². The Labute approximate surface area is 187 Å². The number of carbonyl (C=O) groups excluding carboxylic acids is 3. The third kappa shape index (κ3) is 4.90. The summed E-state index contributed by atoms with van der Waals surface area (Å²) in [5, 5.41) is 6.43. The molecule has 0 spiro atoms. The van der Waals surface area contributed by atoms with E-state index in [1.165, 1.54) is 6.42 Å². The first kappa shape index (κ1) is 21.4. The average molecular weight is 440 g/mol. The van der Waals surface area contributed by atoms with E-state index in [0.717, 1.165) is 25.7 Å². The summed E-state index contributed by atoms with van der Waals surface area (Å²) in [5.74, 6) is -1.11. The van der Waals surface area contributed by atoms with Crippen LogP contribution in [0.4, 0.5) is 11.4 Å². The number of rotatable bonds is 5. The standard InChI is InChI=1S/C24H26ClN3O3/c25-19-11-5-7-13-21(19)28-15-16(14-22(28)29)23(30)27-20-12-6-4-10-18(20)24(31)26-17-8-2-1-3-9-17/h4-7,10-13,16-17H,1-3,8-9,14-15H2,(H,26,31)(H,27,30)/t16-/m0/s1. The van der Waals surface area contributed by atoms with Crippen LogP contribution >= 0.6 is 11.6 Å². The van der Waals surface area contributed by atoms with Crippen molar-refractivity contribution in [2.75, 3.05) is 16.8 Å². The molecule has 2 aromatic carbocycles. The van der Waals surface area contributed by atoms with Gasteiger partial charge in [-0.2, -0.15) is 0 Å². The molecule has 1 saturated carbocycles. The zero-order valence-electron chi connectivity index (χ0n) is 17.3. The molecular weight excluding hydrogens is 414 g/mol. The molecule has 0 aromatic heterocycles. The molecule has 7 heteroatoms. The van der Waals surface area contributed by atoms with Gasteiger partial charge in [0.15, 0.2) is 0 Å². The van der Waals surface area contributed by atoms with Gasteiger partial charge in [0.1, 0.15) is 0 Å². The van der Waals surface area contributed by atoms with Gasteiger partial charge < -0.3 is 15.5 Å². The molecule has 2 N–H and O–H groups in total. The van der Waals surface area contributed by atoms with Crippen LogP contribution in [0.3, 0.4) is 0 Å². The summed E-state index contributed by atoms with van der Waals surface area (Å²) in [6.07, 6.45) is 5.55. The molecule has 2 aromatic rings. The fraction of sp³-hybridized carbons (Fsp3) is 0.375. The van der Waals surface area contributed by atoms with Crippen LogP contribution in [0.5, 0.6) is 0 Å². The minimum atomic E-state index is -0.516. The van der Waals surface area contributed by atoms with Gasteiger partial charge in [-0.15, -0.1) is 0 Å². The van der Waals surface area contributed by atoms with Crippen molar-refractivity contribution in [3.63, 3.8) is 0 Å². The summed E-state index contributed by atoms with van der Waals surface area (Å²) in [6, 6.07) is 14.3. The van der Waals surface area contributed by atoms with Crippen LogP contribution in [-0.2, 0) is 9.59 Å². The van der Waals surface area contributed by atoms with Gasteiger partial charge in [0.05, 0.1) is 27.9 Å². The summed E-state index contributed by atoms with van der Waals surface area (Å²) >= 11 is 6.22. The Morgan fingerprint density at radius 1 is 0.968 bits per heavy atom. The zero-order valence-corrected chi connectivity index (χ0v) is 18.0. The molecule has 1 aliphatic heterocycles. The molecule has 0 radical (unpaired) electrons. The first-order valence-electron chi connectivity index (χ1n) is 10.8. The van der Waals surface area contributed by atoms with E-state index < -0.39 is 5.92 Å². The molecule has 1 atom stereocenters. The van der Waals surface area contributed by atoms with Crippen LogP contribution in [0, 0.1) is 5.92 Å². The van der Waals surface area contributed by atoms with Crippen molar-refractivity contribution in [2.24, 2.45) is 5.92 Å². The summed E-state index contributed by atoms with van der Waals surface area (Å²) in [5.41, 5.74) is 1.51. The van der Waals surface area contributed by atoms with Crippen LogP contribution < -0.4 is 15.5 Å². The van der Waals surface area contributed by atoms with Crippen molar-refractivity contribution in [3.05, 3.63) is 59.1 Å². The lowest BCUT2D eigenvalue weighted by atomic mass is 9.95. The van der Waals surface area contributed by atoms with Gasteiger partial charge in [-0.25, -0.2) is 0 Å². The number of carbonyl (C=O) groups is 3. The number of nitrogens with one attached hydrogen (secondary N) is 2. The number of para-hydroxylation sites is 2. The van der Waals surface area contributed by atoms with E-state index in [1.807, 2.05) is 6.07 Å². The molecular formula is C24H26ClN3O3. The maximum absolute atomic E-state index is 12.9. The number of hydrogen-bond acceptors (Lipinski definition) is 3. The molecule has 162 valence electrons. The summed E-state index contributed by atoms with van der Waals surface area (Å²) in [4.78, 5) is 39.8. The highest BCUT2D eigenvalue weighted by molar-refractivity contribution is 6.34. The fourth-order valence-corrected chi connectivity index (χ4v) is 4.56. The topological polar surface area (TPSA) is 78.5 Å². The Bertz CT molecular complexity index is 988. The zero-order chi connectivity index (χ0) is 21.8. The van der Waals surface area contributed by atoms with Gasteiger partial charge in [0.25, 0.3) is 5.91 Å². The third-order valence-electron chi connectivity index (χ3n) is 6.01. The largest absolute Gasteiger partial charge is 0.349 e. The molecule has 2 aliphatic rings. The summed E-state index contributed by atoms with van der Waals surface area (Å²) < 4.78 is 0. The first-order chi connectivity index (χ1) is 15.0. The Hall–Kier alpha value is -2.86. The second-order valence-electron chi connectivity index (χ2n) is 8.20. The van der Waals surface area contributed by atoms with Crippen molar-refractivity contribution in [1.82, 2.24) is 5.32 Å². The van der Waals surface area contributed by atoms with E-state index >= 15 is 0 Å². The smallest absolute Gasteiger partial charge is 0.253 e. The van der Waals surface area contributed by atoms with Gasteiger partial charge in [-0.3, -0.25) is 14.4 Å². The van der Waals surface area contributed by atoms with Gasteiger partial charge in [0, 0.05) is 19.0 Å². The van der Waals surface area contributed by atoms with E-state index in [1.54, 1.807) is 47.4 Å². The highest BCUT2D eigenvalue weighted by Crippen LogP contribution is 2.31. The van der Waals surface area contributed by atoms with Crippen molar-refractivity contribution < 1.29 is 14.4 Å². The monoisotopic (exact) mass is 439 g/mol. The van der Waals surface area contributed by atoms with Crippen LogP contribution in [0.1, 0.15) is 48.9 Å². The minimum Gasteiger partial charge on any atom is -0.349 e.